The van der Waals surface area contributed by atoms with Crippen LogP contribution in [0.4, 0.5) is 0 Å². The van der Waals surface area contributed by atoms with Crippen LogP contribution in [0.5, 0.6) is 0 Å². The van der Waals surface area contributed by atoms with E-state index in [1.807, 2.05) is 12.1 Å². The number of hydrogen-bond acceptors (Lipinski definition) is 3. The van der Waals surface area contributed by atoms with Crippen LogP contribution in [0.25, 0.3) is 10.2 Å². The first kappa shape index (κ1) is 14.5. The molecule has 0 saturated heterocycles. The molecular formula is C17H21NO2S. The summed E-state index contributed by atoms with van der Waals surface area (Å²) in [4.78, 5) is 16.8. The molecule has 3 rings (SSSR count). The highest BCUT2D eigenvalue weighted by atomic mass is 32.1. The average Bonchev–Trinajstić information content (AvgIpc) is 3.05. The molecule has 1 N–H and O–H groups in total. The van der Waals surface area contributed by atoms with Crippen LogP contribution >= 0.6 is 11.3 Å². The van der Waals surface area contributed by atoms with Crippen LogP contribution in [0.3, 0.4) is 0 Å². The summed E-state index contributed by atoms with van der Waals surface area (Å²) in [5, 5.41) is 10.9. The van der Waals surface area contributed by atoms with Crippen LogP contribution in [0.1, 0.15) is 57.0 Å². The van der Waals surface area contributed by atoms with Crippen molar-refractivity contribution in [1.29, 1.82) is 0 Å². The van der Waals surface area contributed by atoms with Crippen molar-refractivity contribution in [3.63, 3.8) is 0 Å². The highest BCUT2D eigenvalue weighted by molar-refractivity contribution is 7.18. The molecule has 1 aliphatic rings. The molecule has 4 heteroatoms. The molecule has 0 bridgehead atoms. The lowest BCUT2D eigenvalue weighted by Crippen LogP contribution is -2.32. The van der Waals surface area contributed by atoms with E-state index in [4.69, 9.17) is 4.98 Å². The highest BCUT2D eigenvalue weighted by Gasteiger charge is 2.44. The van der Waals surface area contributed by atoms with E-state index in [1.165, 1.54) is 0 Å². The number of carbonyl (C=O) groups is 1. The summed E-state index contributed by atoms with van der Waals surface area (Å²) in [5.74, 6) is -0.696. The summed E-state index contributed by atoms with van der Waals surface area (Å²) in [5.41, 5.74) is 1.07. The Kier molecular flexibility index (Phi) is 3.32. The van der Waals surface area contributed by atoms with Crippen molar-refractivity contribution >= 4 is 27.5 Å². The number of nitrogens with zero attached hydrogens (tertiary/aromatic N) is 1. The molecular weight excluding hydrogens is 282 g/mol. The first-order chi connectivity index (χ1) is 9.84. The van der Waals surface area contributed by atoms with Gasteiger partial charge in [0.05, 0.1) is 20.6 Å². The van der Waals surface area contributed by atoms with Gasteiger partial charge in [0.15, 0.2) is 0 Å². The van der Waals surface area contributed by atoms with E-state index in [0.717, 1.165) is 46.5 Å². The summed E-state index contributed by atoms with van der Waals surface area (Å²) in [6.45, 7) is 6.44. The minimum Gasteiger partial charge on any atom is -0.481 e. The summed E-state index contributed by atoms with van der Waals surface area (Å²) in [6.07, 6.45) is 3.42. The predicted molar refractivity (Wildman–Crippen MR) is 86.1 cm³/mol. The second-order valence-electron chi connectivity index (χ2n) is 7.02. The standard InChI is InChI=1S/C17H21NO2S/c1-16(2,3)14-18-13-11(7-6-8-12(13)21-14)17(15(19)20)9-4-5-10-17/h6-8H,4-5,9-10H2,1-3H3,(H,19,20). The Balaban J connectivity index is 2.23. The zero-order chi connectivity index (χ0) is 15.3. The van der Waals surface area contributed by atoms with Gasteiger partial charge in [0, 0.05) is 5.41 Å². The lowest BCUT2D eigenvalue weighted by atomic mass is 9.78. The lowest BCUT2D eigenvalue weighted by Gasteiger charge is -2.24. The van der Waals surface area contributed by atoms with Crippen LogP contribution in [-0.4, -0.2) is 16.1 Å². The van der Waals surface area contributed by atoms with Gasteiger partial charge in [-0.2, -0.15) is 0 Å². The molecule has 1 fully saturated rings. The van der Waals surface area contributed by atoms with Crippen molar-refractivity contribution < 1.29 is 9.90 Å². The van der Waals surface area contributed by atoms with E-state index >= 15 is 0 Å². The maximum atomic E-state index is 11.9. The molecule has 0 amide bonds. The Labute approximate surface area is 129 Å². The average molecular weight is 303 g/mol. The van der Waals surface area contributed by atoms with Crippen molar-refractivity contribution in [1.82, 2.24) is 4.98 Å². The Bertz CT molecular complexity index is 690. The first-order valence-corrected chi connectivity index (χ1v) is 8.30. The monoisotopic (exact) mass is 303 g/mol. The van der Waals surface area contributed by atoms with E-state index in [-0.39, 0.29) is 5.41 Å². The number of aromatic nitrogens is 1. The lowest BCUT2D eigenvalue weighted by molar-refractivity contribution is -0.143. The normalized spacial score (nSPS) is 18.2. The number of benzene rings is 1. The smallest absolute Gasteiger partial charge is 0.314 e. The molecule has 0 radical (unpaired) electrons. The molecule has 1 aliphatic carbocycles. The van der Waals surface area contributed by atoms with Gasteiger partial charge in [-0.15, -0.1) is 11.3 Å². The number of aliphatic carboxylic acids is 1. The van der Waals surface area contributed by atoms with Crippen LogP contribution < -0.4 is 0 Å². The van der Waals surface area contributed by atoms with Gasteiger partial charge in [-0.05, 0) is 24.5 Å². The molecule has 0 spiro atoms. The van der Waals surface area contributed by atoms with E-state index in [1.54, 1.807) is 11.3 Å². The quantitative estimate of drug-likeness (QED) is 0.889. The number of fused-ring (bicyclic) bond motifs is 1. The Morgan fingerprint density at radius 3 is 2.52 bits per heavy atom. The van der Waals surface area contributed by atoms with Crippen molar-refractivity contribution in [2.75, 3.05) is 0 Å². The summed E-state index contributed by atoms with van der Waals surface area (Å²) < 4.78 is 1.10. The molecule has 112 valence electrons. The first-order valence-electron chi connectivity index (χ1n) is 7.48. The SMILES string of the molecule is CC(C)(C)c1nc2c(C3(C(=O)O)CCCC3)cccc2s1. The van der Waals surface area contributed by atoms with Gasteiger partial charge in [0.25, 0.3) is 0 Å². The summed E-state index contributed by atoms with van der Waals surface area (Å²) >= 11 is 1.68. The second-order valence-corrected chi connectivity index (χ2v) is 8.05. The maximum absolute atomic E-state index is 11.9. The van der Waals surface area contributed by atoms with Gasteiger partial charge in [0.1, 0.15) is 0 Å². The van der Waals surface area contributed by atoms with Crippen LogP contribution in [-0.2, 0) is 15.6 Å². The number of hydrogen-bond donors (Lipinski definition) is 1. The predicted octanol–water partition coefficient (Wildman–Crippen LogP) is 4.49. The third-order valence-corrected chi connectivity index (χ3v) is 5.89. The molecule has 2 aromatic rings. The molecule has 0 atom stereocenters. The van der Waals surface area contributed by atoms with Crippen molar-refractivity contribution in [3.05, 3.63) is 28.8 Å². The van der Waals surface area contributed by atoms with Gasteiger partial charge >= 0.3 is 5.97 Å². The third kappa shape index (κ3) is 2.26. The maximum Gasteiger partial charge on any atom is 0.314 e. The second kappa shape index (κ2) is 4.80. The van der Waals surface area contributed by atoms with Crippen LogP contribution in [0.2, 0.25) is 0 Å². The van der Waals surface area contributed by atoms with Crippen LogP contribution in [0, 0.1) is 0 Å². The summed E-state index contributed by atoms with van der Waals surface area (Å²) in [6, 6.07) is 6.00. The molecule has 1 aromatic heterocycles. The van der Waals surface area contributed by atoms with Crippen molar-refractivity contribution in [3.8, 4) is 0 Å². The zero-order valence-electron chi connectivity index (χ0n) is 12.8. The van der Waals surface area contributed by atoms with Gasteiger partial charge in [0.2, 0.25) is 0 Å². The van der Waals surface area contributed by atoms with E-state index in [2.05, 4.69) is 26.8 Å². The van der Waals surface area contributed by atoms with Gasteiger partial charge in [-0.25, -0.2) is 4.98 Å². The van der Waals surface area contributed by atoms with Gasteiger partial charge < -0.3 is 5.11 Å². The largest absolute Gasteiger partial charge is 0.481 e. The molecule has 0 unspecified atom stereocenters. The highest BCUT2D eigenvalue weighted by Crippen LogP contribution is 2.45. The molecule has 1 aromatic carbocycles. The molecule has 21 heavy (non-hydrogen) atoms. The van der Waals surface area contributed by atoms with Crippen molar-refractivity contribution in [2.24, 2.45) is 0 Å². The molecule has 3 nitrogen and oxygen atoms in total. The van der Waals surface area contributed by atoms with E-state index < -0.39 is 11.4 Å². The topological polar surface area (TPSA) is 50.2 Å². The molecule has 0 aliphatic heterocycles. The Morgan fingerprint density at radius 1 is 1.29 bits per heavy atom. The summed E-state index contributed by atoms with van der Waals surface area (Å²) in [7, 11) is 0. The minimum absolute atomic E-state index is 0.00693. The fourth-order valence-corrected chi connectivity index (χ4v) is 4.28. The number of carboxylic acids is 1. The number of carboxylic acid groups (broad SMARTS) is 1. The van der Waals surface area contributed by atoms with Gasteiger partial charge in [-0.3, -0.25) is 4.79 Å². The Morgan fingerprint density at radius 2 is 1.95 bits per heavy atom. The fourth-order valence-electron chi connectivity index (χ4n) is 3.23. The van der Waals surface area contributed by atoms with Gasteiger partial charge in [-0.1, -0.05) is 45.7 Å². The third-order valence-electron chi connectivity index (χ3n) is 4.44. The van der Waals surface area contributed by atoms with E-state index in [9.17, 15) is 9.90 Å². The molecule has 1 heterocycles. The zero-order valence-corrected chi connectivity index (χ0v) is 13.6. The number of rotatable bonds is 2. The van der Waals surface area contributed by atoms with E-state index in [0.29, 0.717) is 0 Å². The fraction of sp³-hybridized carbons (Fsp3) is 0.529. The molecule has 1 saturated carbocycles. The van der Waals surface area contributed by atoms with Crippen molar-refractivity contribution in [2.45, 2.75) is 57.3 Å². The Hall–Kier alpha value is -1.42. The minimum atomic E-state index is -0.733. The number of thiazole rings is 1. The number of para-hydroxylation sites is 1. The van der Waals surface area contributed by atoms with Crippen LogP contribution in [0.15, 0.2) is 18.2 Å².